The van der Waals surface area contributed by atoms with Crippen molar-refractivity contribution in [1.82, 2.24) is 20.5 Å². The monoisotopic (exact) mass is 499 g/mol. The van der Waals surface area contributed by atoms with E-state index >= 15 is 0 Å². The van der Waals surface area contributed by atoms with Crippen molar-refractivity contribution in [3.63, 3.8) is 0 Å². The fraction of sp³-hybridized carbons (Fsp3) is 0.500. The Balaban J connectivity index is 0.00000261. The number of nitrogens with zero attached hydrogens (tertiary/aromatic N) is 3. The quantitative estimate of drug-likeness (QED) is 0.363. The topological polar surface area (TPSA) is 52.6 Å². The SMILES string of the molecule is CCNC(=NCc1sc(C)nc1C)NCCN1CCc2ccccc2C1.I. The van der Waals surface area contributed by atoms with Crippen molar-refractivity contribution in [3.8, 4) is 0 Å². The standard InChI is InChI=1S/C20H29N5S.HI/c1-4-21-20(23-13-19-15(2)24-16(3)26-19)22-10-12-25-11-9-17-7-5-6-8-18(17)14-25;/h5-8H,4,9-14H2,1-3H3,(H2,21,22,23);1H. The summed E-state index contributed by atoms with van der Waals surface area (Å²) in [7, 11) is 0. The maximum absolute atomic E-state index is 4.72. The van der Waals surface area contributed by atoms with Crippen LogP contribution in [0.4, 0.5) is 0 Å². The fourth-order valence-corrected chi connectivity index (χ4v) is 4.15. The number of aliphatic imine (C=N–C) groups is 1. The largest absolute Gasteiger partial charge is 0.357 e. The van der Waals surface area contributed by atoms with Gasteiger partial charge in [0.2, 0.25) is 0 Å². The molecule has 1 aliphatic rings. The molecule has 0 saturated heterocycles. The zero-order valence-electron chi connectivity index (χ0n) is 16.4. The molecule has 1 aromatic heterocycles. The summed E-state index contributed by atoms with van der Waals surface area (Å²) in [5.41, 5.74) is 4.07. The summed E-state index contributed by atoms with van der Waals surface area (Å²) in [5.74, 6) is 0.885. The van der Waals surface area contributed by atoms with Crippen molar-refractivity contribution in [1.29, 1.82) is 0 Å². The molecule has 0 amide bonds. The molecule has 0 atom stereocenters. The van der Waals surface area contributed by atoms with Gasteiger partial charge in [-0.05, 0) is 38.3 Å². The van der Waals surface area contributed by atoms with Gasteiger partial charge in [0, 0.05) is 37.6 Å². The first-order valence-electron chi connectivity index (χ1n) is 9.40. The van der Waals surface area contributed by atoms with Crippen LogP contribution in [-0.4, -0.2) is 42.0 Å². The first kappa shape index (κ1) is 22.1. The molecule has 148 valence electrons. The number of aryl methyl sites for hydroxylation is 2. The van der Waals surface area contributed by atoms with Crippen LogP contribution in [0.2, 0.25) is 0 Å². The molecule has 0 saturated carbocycles. The van der Waals surface area contributed by atoms with Gasteiger partial charge in [0.1, 0.15) is 0 Å². The van der Waals surface area contributed by atoms with Crippen LogP contribution in [0.15, 0.2) is 29.3 Å². The lowest BCUT2D eigenvalue weighted by Crippen LogP contribution is -2.42. The Hall–Kier alpha value is -1.19. The minimum absolute atomic E-state index is 0. The van der Waals surface area contributed by atoms with Gasteiger partial charge < -0.3 is 10.6 Å². The van der Waals surface area contributed by atoms with E-state index in [0.29, 0.717) is 6.54 Å². The van der Waals surface area contributed by atoms with Crippen molar-refractivity contribution >= 4 is 41.3 Å². The smallest absolute Gasteiger partial charge is 0.191 e. The van der Waals surface area contributed by atoms with Crippen LogP contribution in [0.25, 0.3) is 0 Å². The second-order valence-electron chi connectivity index (χ2n) is 6.66. The number of hydrogen-bond donors (Lipinski definition) is 2. The van der Waals surface area contributed by atoms with E-state index in [1.54, 1.807) is 11.3 Å². The predicted octanol–water partition coefficient (Wildman–Crippen LogP) is 3.49. The summed E-state index contributed by atoms with van der Waals surface area (Å²) in [4.78, 5) is 13.0. The Morgan fingerprint density at radius 1 is 1.22 bits per heavy atom. The highest BCUT2D eigenvalue weighted by atomic mass is 127. The Kier molecular flexibility index (Phi) is 8.98. The highest BCUT2D eigenvalue weighted by Crippen LogP contribution is 2.18. The number of nitrogens with one attached hydrogen (secondary N) is 2. The number of guanidine groups is 1. The van der Waals surface area contributed by atoms with Crippen molar-refractivity contribution in [2.75, 3.05) is 26.2 Å². The highest BCUT2D eigenvalue weighted by Gasteiger charge is 2.15. The van der Waals surface area contributed by atoms with E-state index in [0.717, 1.165) is 55.8 Å². The molecule has 0 radical (unpaired) electrons. The first-order chi connectivity index (χ1) is 12.7. The molecule has 1 aliphatic heterocycles. The molecule has 0 aliphatic carbocycles. The van der Waals surface area contributed by atoms with Crippen LogP contribution in [0.5, 0.6) is 0 Å². The molecule has 2 N–H and O–H groups in total. The second-order valence-corrected chi connectivity index (χ2v) is 7.95. The lowest BCUT2D eigenvalue weighted by Gasteiger charge is -2.28. The molecule has 2 heterocycles. The highest BCUT2D eigenvalue weighted by molar-refractivity contribution is 14.0. The Morgan fingerprint density at radius 2 is 2.00 bits per heavy atom. The van der Waals surface area contributed by atoms with Crippen molar-refractivity contribution in [3.05, 3.63) is 51.0 Å². The molecule has 0 unspecified atom stereocenters. The lowest BCUT2D eigenvalue weighted by atomic mass is 10.00. The molecule has 5 nitrogen and oxygen atoms in total. The number of halogens is 1. The van der Waals surface area contributed by atoms with E-state index < -0.39 is 0 Å². The molecule has 27 heavy (non-hydrogen) atoms. The summed E-state index contributed by atoms with van der Waals surface area (Å²) in [6.07, 6.45) is 1.15. The number of thiazole rings is 1. The molecule has 0 fully saturated rings. The van der Waals surface area contributed by atoms with Gasteiger partial charge in [-0.3, -0.25) is 4.90 Å². The van der Waals surface area contributed by atoms with E-state index in [1.165, 1.54) is 16.0 Å². The number of aromatic nitrogens is 1. The van der Waals surface area contributed by atoms with Crippen LogP contribution in [0.3, 0.4) is 0 Å². The van der Waals surface area contributed by atoms with Gasteiger partial charge in [0.25, 0.3) is 0 Å². The number of hydrogen-bond acceptors (Lipinski definition) is 4. The van der Waals surface area contributed by atoms with E-state index in [-0.39, 0.29) is 24.0 Å². The van der Waals surface area contributed by atoms with Crippen molar-refractivity contribution in [2.24, 2.45) is 4.99 Å². The molecular weight excluding hydrogens is 469 g/mol. The van der Waals surface area contributed by atoms with Gasteiger partial charge in [-0.1, -0.05) is 24.3 Å². The van der Waals surface area contributed by atoms with E-state index in [1.807, 2.05) is 6.92 Å². The maximum atomic E-state index is 4.72. The van der Waals surface area contributed by atoms with Crippen molar-refractivity contribution in [2.45, 2.75) is 40.3 Å². The minimum Gasteiger partial charge on any atom is -0.357 e. The summed E-state index contributed by atoms with van der Waals surface area (Å²) in [6, 6.07) is 8.78. The lowest BCUT2D eigenvalue weighted by molar-refractivity contribution is 0.258. The number of benzene rings is 1. The van der Waals surface area contributed by atoms with Crippen LogP contribution >= 0.6 is 35.3 Å². The zero-order valence-corrected chi connectivity index (χ0v) is 19.6. The third kappa shape index (κ3) is 6.43. The average Bonchev–Trinajstić information content (AvgIpc) is 2.97. The normalized spacial score (nSPS) is 14.4. The molecule has 7 heteroatoms. The fourth-order valence-electron chi connectivity index (χ4n) is 3.29. The molecule has 3 rings (SSSR count). The van der Waals surface area contributed by atoms with E-state index in [9.17, 15) is 0 Å². The van der Waals surface area contributed by atoms with Gasteiger partial charge in [0.05, 0.1) is 17.2 Å². The summed E-state index contributed by atoms with van der Waals surface area (Å²) >= 11 is 1.73. The van der Waals surface area contributed by atoms with E-state index in [2.05, 4.69) is 58.6 Å². The summed E-state index contributed by atoms with van der Waals surface area (Å²) in [6.45, 7) is 11.9. The zero-order chi connectivity index (χ0) is 18.4. The number of rotatable bonds is 6. The van der Waals surface area contributed by atoms with Gasteiger partial charge in [-0.2, -0.15) is 0 Å². The van der Waals surface area contributed by atoms with Gasteiger partial charge in [-0.25, -0.2) is 9.98 Å². The molecule has 0 spiro atoms. The van der Waals surface area contributed by atoms with Crippen molar-refractivity contribution < 1.29 is 0 Å². The molecule has 2 aromatic rings. The predicted molar refractivity (Wildman–Crippen MR) is 125 cm³/mol. The molecule has 1 aromatic carbocycles. The van der Waals surface area contributed by atoms with Crippen LogP contribution in [-0.2, 0) is 19.5 Å². The van der Waals surface area contributed by atoms with Crippen LogP contribution < -0.4 is 10.6 Å². The van der Waals surface area contributed by atoms with Gasteiger partial charge in [-0.15, -0.1) is 35.3 Å². The summed E-state index contributed by atoms with van der Waals surface area (Å²) < 4.78 is 0. The van der Waals surface area contributed by atoms with E-state index in [4.69, 9.17) is 4.99 Å². The third-order valence-corrected chi connectivity index (χ3v) is 5.71. The van der Waals surface area contributed by atoms with Crippen LogP contribution in [0.1, 0.15) is 33.6 Å². The van der Waals surface area contributed by atoms with Gasteiger partial charge >= 0.3 is 0 Å². The third-order valence-electron chi connectivity index (χ3n) is 4.65. The van der Waals surface area contributed by atoms with Gasteiger partial charge in [0.15, 0.2) is 5.96 Å². The molecule has 0 bridgehead atoms. The number of fused-ring (bicyclic) bond motifs is 1. The Labute approximate surface area is 183 Å². The summed E-state index contributed by atoms with van der Waals surface area (Å²) in [5, 5.41) is 7.91. The second kappa shape index (κ2) is 11.0. The average molecular weight is 499 g/mol. The maximum Gasteiger partial charge on any atom is 0.191 e. The Morgan fingerprint density at radius 3 is 2.70 bits per heavy atom. The Bertz CT molecular complexity index is 759. The van der Waals surface area contributed by atoms with Crippen LogP contribution in [0, 0.1) is 13.8 Å². The first-order valence-corrected chi connectivity index (χ1v) is 10.2. The molecular formula is C20H30IN5S. The minimum atomic E-state index is 0.